The van der Waals surface area contributed by atoms with Gasteiger partial charge in [0.15, 0.2) is 6.29 Å². The summed E-state index contributed by atoms with van der Waals surface area (Å²) in [5.41, 5.74) is 7.81. The average molecular weight is 852 g/mol. The van der Waals surface area contributed by atoms with Gasteiger partial charge in [0.1, 0.15) is 11.8 Å². The average Bonchev–Trinajstić information content (AvgIpc) is 3.71. The molecule has 4 aliphatic rings. The van der Waals surface area contributed by atoms with E-state index in [1.807, 2.05) is 45.9 Å². The Labute approximate surface area is 369 Å². The van der Waals surface area contributed by atoms with Crippen LogP contribution in [0.1, 0.15) is 128 Å². The first-order valence-corrected chi connectivity index (χ1v) is 22.4. The first-order chi connectivity index (χ1) is 30.5. The van der Waals surface area contributed by atoms with E-state index in [9.17, 15) is 33.9 Å². The van der Waals surface area contributed by atoms with Crippen LogP contribution in [-0.4, -0.2) is 107 Å². The number of benzene rings is 4. The van der Waals surface area contributed by atoms with Crippen molar-refractivity contribution >= 4 is 36.3 Å². The number of likely N-dealkylation sites (tertiary alicyclic amines) is 2. The largest absolute Gasteiger partial charge is 0.508 e. The van der Waals surface area contributed by atoms with Crippen molar-refractivity contribution in [1.29, 1.82) is 0 Å². The van der Waals surface area contributed by atoms with Gasteiger partial charge < -0.3 is 19.8 Å². The summed E-state index contributed by atoms with van der Waals surface area (Å²) in [5.74, 6) is -0.262. The van der Waals surface area contributed by atoms with Crippen LogP contribution >= 0.6 is 0 Å². The number of likely N-dealkylation sites (N-methyl/N-ethyl adjacent to an activating group) is 1. The molecule has 2 fully saturated rings. The Kier molecular flexibility index (Phi) is 12.9. The zero-order chi connectivity index (χ0) is 44.3. The lowest BCUT2D eigenvalue weighted by Gasteiger charge is -2.47. The van der Waals surface area contributed by atoms with E-state index in [0.717, 1.165) is 49.7 Å². The Hall–Kier alpha value is -6.14. The third-order valence-electron chi connectivity index (χ3n) is 14.4. The van der Waals surface area contributed by atoms with Gasteiger partial charge in [-0.2, -0.15) is 0 Å². The predicted octanol–water partition coefficient (Wildman–Crippen LogP) is 6.44. The number of hydrogen-bond acceptors (Lipinski definition) is 8. The minimum absolute atomic E-state index is 0.0499. The second-order valence-corrected chi connectivity index (χ2v) is 18.0. The number of piperidine rings is 2. The topological polar surface area (TPSA) is 148 Å². The van der Waals surface area contributed by atoms with E-state index in [1.165, 1.54) is 34.2 Å². The number of rotatable bonds is 12. The summed E-state index contributed by atoms with van der Waals surface area (Å²) in [4.78, 5) is 84.0. The third kappa shape index (κ3) is 9.04. The molecule has 2 N–H and O–H groups in total. The summed E-state index contributed by atoms with van der Waals surface area (Å²) in [5, 5.41) is 12.4. The minimum atomic E-state index is -0.865. The molecule has 4 aromatic carbocycles. The highest BCUT2D eigenvalue weighted by Gasteiger charge is 2.40. The Morgan fingerprint density at radius 3 is 2.14 bits per heavy atom. The monoisotopic (exact) mass is 851 g/mol. The van der Waals surface area contributed by atoms with Crippen LogP contribution in [0.3, 0.4) is 0 Å². The number of phenols is 1. The van der Waals surface area contributed by atoms with Gasteiger partial charge in [-0.3, -0.25) is 39.0 Å². The molecule has 3 aliphatic heterocycles. The van der Waals surface area contributed by atoms with Gasteiger partial charge in [-0.15, -0.1) is 0 Å². The normalized spacial score (nSPS) is 19.7. The number of nitrogens with one attached hydrogen (secondary N) is 1. The van der Waals surface area contributed by atoms with E-state index in [0.29, 0.717) is 76.3 Å². The van der Waals surface area contributed by atoms with Gasteiger partial charge in [0.2, 0.25) is 18.2 Å². The molecule has 328 valence electrons. The Bertz CT molecular complexity index is 2370. The molecule has 12 heteroatoms. The number of aldehydes is 1. The molecule has 3 heterocycles. The summed E-state index contributed by atoms with van der Waals surface area (Å²) in [6.45, 7) is 5.73. The summed E-state index contributed by atoms with van der Waals surface area (Å²) in [6, 6.07) is 27.1. The van der Waals surface area contributed by atoms with Gasteiger partial charge in [-0.1, -0.05) is 61.9 Å². The Morgan fingerprint density at radius 2 is 1.49 bits per heavy atom. The molecule has 0 bridgehead atoms. The quantitative estimate of drug-likeness (QED) is 0.155. The molecule has 1 spiro atoms. The number of fused-ring (bicyclic) bond motifs is 2. The van der Waals surface area contributed by atoms with Crippen molar-refractivity contribution in [3.8, 4) is 5.75 Å². The molecular formula is C51H57N5O7. The van der Waals surface area contributed by atoms with Gasteiger partial charge in [0, 0.05) is 63.4 Å². The second kappa shape index (κ2) is 18.7. The Morgan fingerprint density at radius 1 is 0.825 bits per heavy atom. The fourth-order valence-electron chi connectivity index (χ4n) is 10.7. The molecule has 4 aromatic rings. The number of carbonyl (C=O) groups excluding carboxylic acids is 6. The molecule has 1 aliphatic carbocycles. The first-order valence-electron chi connectivity index (χ1n) is 22.4. The van der Waals surface area contributed by atoms with Crippen LogP contribution in [-0.2, 0) is 33.9 Å². The van der Waals surface area contributed by atoms with Gasteiger partial charge in [-0.25, -0.2) is 0 Å². The van der Waals surface area contributed by atoms with Crippen LogP contribution in [0.2, 0.25) is 0 Å². The number of phenolic OH excluding ortho intramolecular Hbond substituents is 1. The zero-order valence-electron chi connectivity index (χ0n) is 36.3. The van der Waals surface area contributed by atoms with E-state index in [-0.39, 0.29) is 46.6 Å². The van der Waals surface area contributed by atoms with Crippen LogP contribution in [0, 0.1) is 5.41 Å². The van der Waals surface area contributed by atoms with Crippen molar-refractivity contribution in [2.45, 2.75) is 89.3 Å². The standard InChI is InChI=1S/C51H57N5O7/c1-3-7-45(48(61)52-33-58)53(2)50(63)44-28-39-30-54(29-38(39)26-40(44)32-57)31-46(60)55-22-18-51(19-23-55)20-24-56(25-21-51)49(62)36-12-10-35(11-13-36)47-42(34-8-5-4-6-9-34)16-14-37-27-41(59)15-17-43(37)47/h4-6,8-13,15,17,26-28,32-33,42,45,47,59H,3,7,14,16,18-25,29-31H2,1-2H3,(H,52,58,61). The molecule has 3 unspecified atom stereocenters. The van der Waals surface area contributed by atoms with Gasteiger partial charge >= 0.3 is 0 Å². The molecule has 3 atom stereocenters. The summed E-state index contributed by atoms with van der Waals surface area (Å²) in [7, 11) is 1.50. The number of imide groups is 1. The maximum Gasteiger partial charge on any atom is 0.255 e. The lowest BCUT2D eigenvalue weighted by atomic mass is 9.69. The SMILES string of the molecule is CCCC(C(=O)NC=O)N(C)C(=O)c1cc2c(cc1C=O)CN(CC(=O)N1CCC3(CC1)CCN(C(=O)c1ccc(C4c5ccc(O)cc5CCC4c4ccccc4)cc1)CC3)C2. The number of aryl methyl sites for hydroxylation is 1. The summed E-state index contributed by atoms with van der Waals surface area (Å²) >= 11 is 0. The van der Waals surface area contributed by atoms with Crippen molar-refractivity contribution in [2.24, 2.45) is 5.41 Å². The highest BCUT2D eigenvalue weighted by molar-refractivity contribution is 6.04. The van der Waals surface area contributed by atoms with Crippen molar-refractivity contribution in [3.63, 3.8) is 0 Å². The lowest BCUT2D eigenvalue weighted by molar-refractivity contribution is -0.135. The maximum atomic E-state index is 13.9. The zero-order valence-corrected chi connectivity index (χ0v) is 36.3. The van der Waals surface area contributed by atoms with Crippen LogP contribution in [0.15, 0.2) is 84.9 Å². The first kappa shape index (κ1) is 43.5. The van der Waals surface area contributed by atoms with Gasteiger partial charge in [-0.05, 0) is 126 Å². The molecule has 63 heavy (non-hydrogen) atoms. The molecule has 0 saturated carbocycles. The van der Waals surface area contributed by atoms with Crippen LogP contribution < -0.4 is 5.32 Å². The number of nitrogens with zero attached hydrogens (tertiary/aromatic N) is 4. The fraction of sp³-hybridized carbons (Fsp3) is 0.412. The van der Waals surface area contributed by atoms with E-state index >= 15 is 0 Å². The molecule has 5 amide bonds. The molecule has 0 aromatic heterocycles. The molecule has 2 saturated heterocycles. The fourth-order valence-corrected chi connectivity index (χ4v) is 10.7. The van der Waals surface area contributed by atoms with Crippen molar-refractivity contribution in [1.82, 2.24) is 24.9 Å². The van der Waals surface area contributed by atoms with Gasteiger partial charge in [0.05, 0.1) is 12.1 Å². The number of aromatic hydroxyl groups is 1. The number of hydrogen-bond donors (Lipinski definition) is 2. The van der Waals surface area contributed by atoms with E-state index in [1.54, 1.807) is 18.2 Å². The second-order valence-electron chi connectivity index (χ2n) is 18.0. The maximum absolute atomic E-state index is 13.9. The van der Waals surface area contributed by atoms with Crippen molar-refractivity contribution < 1.29 is 33.9 Å². The molecule has 8 rings (SSSR count). The Balaban J connectivity index is 0.842. The predicted molar refractivity (Wildman–Crippen MR) is 238 cm³/mol. The smallest absolute Gasteiger partial charge is 0.255 e. The minimum Gasteiger partial charge on any atom is -0.508 e. The lowest BCUT2D eigenvalue weighted by Crippen LogP contribution is -2.50. The number of amides is 5. The highest BCUT2D eigenvalue weighted by Crippen LogP contribution is 2.47. The molecule has 0 radical (unpaired) electrons. The highest BCUT2D eigenvalue weighted by atomic mass is 16.3. The summed E-state index contributed by atoms with van der Waals surface area (Å²) < 4.78 is 0. The molecule has 12 nitrogen and oxygen atoms in total. The van der Waals surface area contributed by atoms with Crippen molar-refractivity contribution in [3.05, 3.63) is 135 Å². The van der Waals surface area contributed by atoms with Crippen molar-refractivity contribution in [2.75, 3.05) is 39.8 Å². The third-order valence-corrected chi connectivity index (χ3v) is 14.4. The van der Waals surface area contributed by atoms with Gasteiger partial charge in [0.25, 0.3) is 11.8 Å². The molecular weight excluding hydrogens is 795 g/mol. The van der Waals surface area contributed by atoms with Crippen LogP contribution in [0.4, 0.5) is 0 Å². The summed E-state index contributed by atoms with van der Waals surface area (Å²) in [6.07, 6.45) is 7.38. The van der Waals surface area contributed by atoms with Crippen LogP contribution in [0.5, 0.6) is 5.75 Å². The van der Waals surface area contributed by atoms with Crippen LogP contribution in [0.25, 0.3) is 0 Å². The van der Waals surface area contributed by atoms with E-state index in [2.05, 4.69) is 47.8 Å². The van der Waals surface area contributed by atoms with E-state index in [4.69, 9.17) is 0 Å². The number of carbonyl (C=O) groups is 6. The van der Waals surface area contributed by atoms with E-state index < -0.39 is 17.9 Å².